The van der Waals surface area contributed by atoms with Crippen LogP contribution in [0.4, 0.5) is 5.69 Å². The first kappa shape index (κ1) is 12.8. The molecule has 8 heteroatoms. The molecule has 1 fully saturated rings. The van der Waals surface area contributed by atoms with E-state index in [1.165, 1.54) is 21.3 Å². The summed E-state index contributed by atoms with van der Waals surface area (Å²) in [4.78, 5) is 8.56. The predicted molar refractivity (Wildman–Crippen MR) is 79.3 cm³/mol. The Bertz CT molecular complexity index is 726. The van der Waals surface area contributed by atoms with Crippen LogP contribution >= 0.6 is 0 Å². The van der Waals surface area contributed by atoms with Crippen LogP contribution in [0, 0.1) is 0 Å². The van der Waals surface area contributed by atoms with Gasteiger partial charge in [-0.3, -0.25) is 4.57 Å². The van der Waals surface area contributed by atoms with Crippen LogP contribution in [0.2, 0.25) is 0 Å². The molecule has 3 heterocycles. The second kappa shape index (κ2) is 6.17. The van der Waals surface area contributed by atoms with Crippen LogP contribution in [0.3, 0.4) is 0 Å². The first-order chi connectivity index (χ1) is 11.4. The highest BCUT2D eigenvalue weighted by molar-refractivity contribution is 5.83. The topological polar surface area (TPSA) is 93.7 Å². The minimum Gasteiger partial charge on any atom is -0.397 e. The second-order valence-electron chi connectivity index (χ2n) is 4.89. The molecule has 0 saturated carbocycles. The summed E-state index contributed by atoms with van der Waals surface area (Å²) in [5.41, 5.74) is 7.48. The summed E-state index contributed by atoms with van der Waals surface area (Å²) in [6.07, 6.45) is 0.198. The maximum absolute atomic E-state index is 8.01. The van der Waals surface area contributed by atoms with Gasteiger partial charge in [0.1, 0.15) is 23.8 Å². The Hall–Kier alpha value is -1.74. The maximum atomic E-state index is 8.01. The number of anilines is 1. The quantitative estimate of drug-likeness (QED) is 0.863. The molecule has 2 aromatic rings. The molecule has 1 aliphatic rings. The fourth-order valence-electron chi connectivity index (χ4n) is 2.72. The standard InChI is InChI=1S/C14H20N4O4/c1-19-6-9-11(20-2)12(21-3)14(22-9)18-7-17-10-8(15)4-5-16-13(10)18/h4-5,7,9,11-12,14H,6H2,1-3H3,(H2,15,16)/t9-,11?,12?,14-/m1/s1/i6D2. The van der Waals surface area contributed by atoms with E-state index < -0.39 is 31.1 Å². The molecule has 120 valence electrons. The van der Waals surface area contributed by atoms with E-state index in [1.54, 1.807) is 23.2 Å². The van der Waals surface area contributed by atoms with Gasteiger partial charge < -0.3 is 24.7 Å². The van der Waals surface area contributed by atoms with Crippen molar-refractivity contribution in [1.29, 1.82) is 0 Å². The van der Waals surface area contributed by atoms with Crippen LogP contribution in [-0.2, 0) is 18.9 Å². The Balaban J connectivity index is 2.04. The van der Waals surface area contributed by atoms with Gasteiger partial charge in [0.05, 0.1) is 21.3 Å². The molecule has 2 aromatic heterocycles. The van der Waals surface area contributed by atoms with Crippen LogP contribution in [0.15, 0.2) is 18.6 Å². The van der Waals surface area contributed by atoms with Gasteiger partial charge in [0.2, 0.25) is 0 Å². The van der Waals surface area contributed by atoms with Crippen LogP contribution in [0.5, 0.6) is 0 Å². The van der Waals surface area contributed by atoms with Gasteiger partial charge >= 0.3 is 0 Å². The average molecular weight is 310 g/mol. The average Bonchev–Trinajstić information content (AvgIpc) is 3.16. The summed E-state index contributed by atoms with van der Waals surface area (Å²) in [6, 6.07) is 1.66. The number of methoxy groups -OCH3 is 3. The van der Waals surface area contributed by atoms with Crippen molar-refractivity contribution in [2.45, 2.75) is 24.5 Å². The molecular weight excluding hydrogens is 288 g/mol. The van der Waals surface area contributed by atoms with Crippen molar-refractivity contribution in [3.05, 3.63) is 18.6 Å². The Morgan fingerprint density at radius 1 is 1.32 bits per heavy atom. The normalized spacial score (nSPS) is 30.5. The molecule has 0 aliphatic carbocycles. The van der Waals surface area contributed by atoms with Gasteiger partial charge in [-0.15, -0.1) is 0 Å². The van der Waals surface area contributed by atoms with E-state index in [9.17, 15) is 0 Å². The molecule has 8 nitrogen and oxygen atoms in total. The smallest absolute Gasteiger partial charge is 0.166 e. The zero-order chi connectivity index (χ0) is 17.5. The van der Waals surface area contributed by atoms with E-state index in [2.05, 4.69) is 9.97 Å². The molecule has 3 rings (SSSR count). The minimum atomic E-state index is -2.05. The molecule has 0 bridgehead atoms. The van der Waals surface area contributed by atoms with Gasteiger partial charge in [-0.25, -0.2) is 9.97 Å². The molecule has 22 heavy (non-hydrogen) atoms. The van der Waals surface area contributed by atoms with Crippen molar-refractivity contribution in [3.63, 3.8) is 0 Å². The highest BCUT2D eigenvalue weighted by Gasteiger charge is 2.46. The van der Waals surface area contributed by atoms with Crippen LogP contribution in [0.25, 0.3) is 11.2 Å². The summed E-state index contributed by atoms with van der Waals surface area (Å²) >= 11 is 0. The van der Waals surface area contributed by atoms with Crippen molar-refractivity contribution >= 4 is 16.9 Å². The summed E-state index contributed by atoms with van der Waals surface area (Å²) in [6.45, 7) is -2.05. The molecule has 1 saturated heterocycles. The predicted octanol–water partition coefficient (Wildman–Crippen LogP) is 0.587. The molecular formula is C14H20N4O4. The van der Waals surface area contributed by atoms with Gasteiger partial charge in [-0.05, 0) is 6.07 Å². The Labute approximate surface area is 130 Å². The largest absolute Gasteiger partial charge is 0.397 e. The number of rotatable bonds is 5. The molecule has 0 amide bonds. The first-order valence-corrected chi connectivity index (χ1v) is 6.77. The molecule has 2 unspecified atom stereocenters. The number of pyridine rings is 1. The SMILES string of the molecule is [2H]C([2H])(OC)[C@H]1O[C@@H](n2cnc3c(N)ccnc32)C(OC)C1OC. The third-order valence-corrected chi connectivity index (χ3v) is 3.73. The van der Waals surface area contributed by atoms with E-state index in [1.807, 2.05) is 0 Å². The lowest BCUT2D eigenvalue weighted by atomic mass is 10.1. The van der Waals surface area contributed by atoms with E-state index >= 15 is 0 Å². The highest BCUT2D eigenvalue weighted by Crippen LogP contribution is 2.35. The summed E-state index contributed by atoms with van der Waals surface area (Å²) in [7, 11) is 4.27. The molecule has 0 aromatic carbocycles. The fraction of sp³-hybridized carbons (Fsp3) is 0.571. The van der Waals surface area contributed by atoms with Crippen molar-refractivity contribution in [3.8, 4) is 0 Å². The zero-order valence-corrected chi connectivity index (χ0v) is 12.6. The Kier molecular flexibility index (Phi) is 3.58. The van der Waals surface area contributed by atoms with Gasteiger partial charge in [0.25, 0.3) is 0 Å². The van der Waals surface area contributed by atoms with Crippen molar-refractivity contribution in [2.24, 2.45) is 0 Å². The van der Waals surface area contributed by atoms with Gasteiger partial charge in [0, 0.05) is 27.5 Å². The van der Waals surface area contributed by atoms with E-state index in [-0.39, 0.29) is 0 Å². The Morgan fingerprint density at radius 3 is 2.77 bits per heavy atom. The number of imidazole rings is 1. The number of fused-ring (bicyclic) bond motifs is 1. The summed E-state index contributed by atoms with van der Waals surface area (Å²) < 4.78 is 39.5. The highest BCUT2D eigenvalue weighted by atomic mass is 16.6. The molecule has 2 N–H and O–H groups in total. The van der Waals surface area contributed by atoms with Gasteiger partial charge in [-0.2, -0.15) is 0 Å². The van der Waals surface area contributed by atoms with Gasteiger partial charge in [-0.1, -0.05) is 0 Å². The van der Waals surface area contributed by atoms with Crippen molar-refractivity contribution < 1.29 is 21.7 Å². The summed E-state index contributed by atoms with van der Waals surface area (Å²) in [5, 5.41) is 0. The number of hydrogen-bond acceptors (Lipinski definition) is 7. The monoisotopic (exact) mass is 310 g/mol. The number of nitrogens with two attached hydrogens (primary N) is 1. The third-order valence-electron chi connectivity index (χ3n) is 3.73. The molecule has 0 radical (unpaired) electrons. The molecule has 0 spiro atoms. The Morgan fingerprint density at radius 2 is 2.09 bits per heavy atom. The summed E-state index contributed by atoms with van der Waals surface area (Å²) in [5.74, 6) is 0. The number of nitrogen functional groups attached to an aromatic ring is 1. The zero-order valence-electron chi connectivity index (χ0n) is 14.6. The lowest BCUT2D eigenvalue weighted by molar-refractivity contribution is -0.0636. The van der Waals surface area contributed by atoms with E-state index in [4.69, 9.17) is 27.4 Å². The van der Waals surface area contributed by atoms with Crippen LogP contribution in [-0.4, -0.2) is 60.7 Å². The lowest BCUT2D eigenvalue weighted by Crippen LogP contribution is -2.36. The number of nitrogens with zero attached hydrogens (tertiary/aromatic N) is 3. The third kappa shape index (κ3) is 2.34. The van der Waals surface area contributed by atoms with Crippen LogP contribution in [0.1, 0.15) is 8.97 Å². The maximum Gasteiger partial charge on any atom is 0.166 e. The lowest BCUT2D eigenvalue weighted by Gasteiger charge is -2.21. The van der Waals surface area contributed by atoms with Crippen molar-refractivity contribution in [1.82, 2.24) is 14.5 Å². The first-order valence-electron chi connectivity index (χ1n) is 7.77. The van der Waals surface area contributed by atoms with Gasteiger partial charge in [0.15, 0.2) is 11.9 Å². The molecule has 4 atom stereocenters. The minimum absolute atomic E-state index is 0.498. The second-order valence-corrected chi connectivity index (χ2v) is 4.89. The fourth-order valence-corrected chi connectivity index (χ4v) is 2.72. The number of ether oxygens (including phenoxy) is 4. The number of aromatic nitrogens is 3. The number of hydrogen-bond donors (Lipinski definition) is 1. The van der Waals surface area contributed by atoms with E-state index in [0.717, 1.165) is 0 Å². The van der Waals surface area contributed by atoms with E-state index in [0.29, 0.717) is 16.9 Å². The van der Waals surface area contributed by atoms with Crippen molar-refractivity contribution in [2.75, 3.05) is 33.6 Å². The van der Waals surface area contributed by atoms with Crippen LogP contribution < -0.4 is 5.73 Å². The molecule has 1 aliphatic heterocycles.